The number of rotatable bonds is 6. The van der Waals surface area contributed by atoms with Crippen LogP contribution >= 0.6 is 0 Å². The van der Waals surface area contributed by atoms with Gasteiger partial charge in [-0.3, -0.25) is 0 Å². The van der Waals surface area contributed by atoms with Crippen LogP contribution in [0.25, 0.3) is 0 Å². The minimum Gasteiger partial charge on any atom is -0.497 e. The first-order valence-corrected chi connectivity index (χ1v) is 6.64. The molecule has 8 heteroatoms. The number of alkyl halides is 2. The van der Waals surface area contributed by atoms with E-state index in [9.17, 15) is 17.6 Å². The van der Waals surface area contributed by atoms with E-state index in [4.69, 9.17) is 4.74 Å². The summed E-state index contributed by atoms with van der Waals surface area (Å²) in [6.45, 7) is -3.32. The van der Waals surface area contributed by atoms with E-state index < -0.39 is 24.0 Å². The molecule has 0 aliphatic heterocycles. The fourth-order valence-electron chi connectivity index (χ4n) is 1.75. The summed E-state index contributed by atoms with van der Waals surface area (Å²) in [5.41, 5.74) is 0.754. The van der Waals surface area contributed by atoms with Crippen LogP contribution in [0, 0.1) is 11.6 Å². The van der Waals surface area contributed by atoms with Gasteiger partial charge in [0.25, 0.3) is 0 Å². The topological polar surface area (TPSA) is 43.2 Å². The van der Waals surface area contributed by atoms with Crippen molar-refractivity contribution in [3.05, 3.63) is 59.2 Å². The highest BCUT2D eigenvalue weighted by Crippen LogP contribution is 2.24. The van der Waals surface area contributed by atoms with Crippen molar-refractivity contribution in [2.75, 3.05) is 7.11 Å². The van der Waals surface area contributed by atoms with Crippen LogP contribution in [0.5, 0.6) is 11.5 Å². The van der Waals surface area contributed by atoms with Gasteiger partial charge in [-0.1, -0.05) is 0 Å². The van der Waals surface area contributed by atoms with Gasteiger partial charge in [-0.2, -0.15) is 19.0 Å². The highest BCUT2D eigenvalue weighted by Gasteiger charge is 2.16. The molecule has 2 aromatic carbocycles. The smallest absolute Gasteiger partial charge is 0.387 e. The predicted molar refractivity (Wildman–Crippen MR) is 81.2 cm³/mol. The van der Waals surface area contributed by atoms with Crippen molar-refractivity contribution < 1.29 is 27.0 Å². The molecule has 0 aliphatic carbocycles. The fourth-order valence-corrected chi connectivity index (χ4v) is 1.75. The number of methoxy groups -OCH3 is 1. The average molecular weight is 340 g/mol. The summed E-state index contributed by atoms with van der Waals surface area (Å²) in [7, 11) is 1.54. The second-order valence-corrected chi connectivity index (χ2v) is 4.45. The minimum absolute atomic E-state index is 0.0125. The van der Waals surface area contributed by atoms with Crippen LogP contribution < -0.4 is 9.47 Å². The molecular formula is C16H12F4N2O2. The van der Waals surface area contributed by atoms with Crippen molar-refractivity contribution in [1.29, 1.82) is 0 Å². The third-order valence-electron chi connectivity index (χ3n) is 2.82. The molecular weight excluding hydrogens is 328 g/mol. The quantitative estimate of drug-likeness (QED) is 0.453. The van der Waals surface area contributed by atoms with Gasteiger partial charge in [0.05, 0.1) is 19.5 Å². The highest BCUT2D eigenvalue weighted by molar-refractivity contribution is 5.83. The van der Waals surface area contributed by atoms with Gasteiger partial charge in [0.2, 0.25) is 0 Å². The Balaban J connectivity index is 2.07. The van der Waals surface area contributed by atoms with E-state index in [0.29, 0.717) is 5.75 Å². The number of hydrogen-bond acceptors (Lipinski definition) is 4. The first kappa shape index (κ1) is 17.5. The lowest BCUT2D eigenvalue weighted by atomic mass is 10.2. The molecule has 0 radical (unpaired) electrons. The first-order chi connectivity index (χ1) is 11.5. The lowest BCUT2D eigenvalue weighted by molar-refractivity contribution is -0.0546. The van der Waals surface area contributed by atoms with Gasteiger partial charge in [0.1, 0.15) is 5.75 Å². The highest BCUT2D eigenvalue weighted by atomic mass is 19.3. The van der Waals surface area contributed by atoms with Crippen LogP contribution in [0.3, 0.4) is 0 Å². The van der Waals surface area contributed by atoms with Crippen molar-refractivity contribution in [2.45, 2.75) is 6.61 Å². The largest absolute Gasteiger partial charge is 0.497 e. The zero-order chi connectivity index (χ0) is 17.5. The third kappa shape index (κ3) is 4.80. The van der Waals surface area contributed by atoms with Crippen LogP contribution in [-0.4, -0.2) is 26.2 Å². The van der Waals surface area contributed by atoms with E-state index in [1.807, 2.05) is 0 Å². The second kappa shape index (κ2) is 8.09. The van der Waals surface area contributed by atoms with Crippen molar-refractivity contribution in [1.82, 2.24) is 0 Å². The maximum Gasteiger partial charge on any atom is 0.387 e. The Kier molecular flexibility index (Phi) is 5.89. The summed E-state index contributed by atoms with van der Waals surface area (Å²) in [6.07, 6.45) is 2.51. The van der Waals surface area contributed by atoms with Gasteiger partial charge in [-0.15, -0.1) is 0 Å². The number of halogens is 4. The molecule has 0 aromatic heterocycles. The molecule has 4 nitrogen and oxygen atoms in total. The summed E-state index contributed by atoms with van der Waals surface area (Å²) in [6, 6.07) is 8.58. The Morgan fingerprint density at radius 2 is 1.46 bits per heavy atom. The third-order valence-corrected chi connectivity index (χ3v) is 2.82. The van der Waals surface area contributed by atoms with Gasteiger partial charge >= 0.3 is 6.61 Å². The Morgan fingerprint density at radius 3 is 1.96 bits per heavy atom. The fraction of sp³-hybridized carbons (Fsp3) is 0.125. The standard InChI is InChI=1S/C16H12F4N2O2/c1-23-12-4-2-10(3-5-12)8-21-22-9-11-6-13(17)15(14(18)7-11)24-16(19)20/h2-9,16H,1H3. The van der Waals surface area contributed by atoms with E-state index in [1.165, 1.54) is 6.21 Å². The SMILES string of the molecule is COc1ccc(C=NN=Cc2cc(F)c(OC(F)F)c(F)c2)cc1. The maximum atomic E-state index is 13.5. The van der Waals surface area contributed by atoms with E-state index in [2.05, 4.69) is 14.9 Å². The Morgan fingerprint density at radius 1 is 0.917 bits per heavy atom. The molecule has 126 valence electrons. The molecule has 2 rings (SSSR count). The zero-order valence-electron chi connectivity index (χ0n) is 12.4. The summed E-state index contributed by atoms with van der Waals surface area (Å²) in [5.74, 6) is -2.96. The van der Waals surface area contributed by atoms with Crippen molar-refractivity contribution in [3.63, 3.8) is 0 Å². The Bertz CT molecular complexity index is 723. The Hall–Kier alpha value is -2.90. The molecule has 24 heavy (non-hydrogen) atoms. The molecule has 0 fully saturated rings. The van der Waals surface area contributed by atoms with Crippen LogP contribution in [-0.2, 0) is 0 Å². The number of hydrogen-bond donors (Lipinski definition) is 0. The minimum atomic E-state index is -3.32. The average Bonchev–Trinajstić information content (AvgIpc) is 2.55. The van der Waals surface area contributed by atoms with Crippen LogP contribution in [0.1, 0.15) is 11.1 Å². The van der Waals surface area contributed by atoms with Crippen LogP contribution in [0.4, 0.5) is 17.6 Å². The van der Waals surface area contributed by atoms with Crippen LogP contribution in [0.15, 0.2) is 46.6 Å². The molecule has 0 amide bonds. The molecule has 0 spiro atoms. The van der Waals surface area contributed by atoms with E-state index in [-0.39, 0.29) is 5.56 Å². The normalized spacial score (nSPS) is 11.6. The van der Waals surface area contributed by atoms with Gasteiger partial charge in [-0.05, 0) is 42.0 Å². The van der Waals surface area contributed by atoms with Gasteiger partial charge in [0, 0.05) is 5.56 Å². The van der Waals surface area contributed by atoms with Gasteiger partial charge < -0.3 is 9.47 Å². The summed E-state index contributed by atoms with van der Waals surface area (Å²) in [4.78, 5) is 0. The van der Waals surface area contributed by atoms with Crippen molar-refractivity contribution >= 4 is 12.4 Å². The monoisotopic (exact) mass is 340 g/mol. The maximum absolute atomic E-state index is 13.5. The molecule has 0 N–H and O–H groups in total. The molecule has 0 heterocycles. The van der Waals surface area contributed by atoms with E-state index in [1.54, 1.807) is 31.4 Å². The molecule has 0 saturated carbocycles. The lowest BCUT2D eigenvalue weighted by Crippen LogP contribution is -2.06. The van der Waals surface area contributed by atoms with Crippen molar-refractivity contribution in [3.8, 4) is 11.5 Å². The zero-order valence-corrected chi connectivity index (χ0v) is 12.4. The van der Waals surface area contributed by atoms with Crippen molar-refractivity contribution in [2.24, 2.45) is 10.2 Å². The lowest BCUT2D eigenvalue weighted by Gasteiger charge is -2.07. The number of nitrogens with zero attached hydrogens (tertiary/aromatic N) is 2. The first-order valence-electron chi connectivity index (χ1n) is 6.64. The molecule has 0 aliphatic rings. The molecule has 0 unspecified atom stereocenters. The summed E-state index contributed by atoms with van der Waals surface area (Å²) in [5, 5.41) is 7.37. The van der Waals surface area contributed by atoms with E-state index in [0.717, 1.165) is 23.9 Å². The molecule has 0 atom stereocenters. The Labute approximate surface area is 135 Å². The second-order valence-electron chi connectivity index (χ2n) is 4.45. The number of ether oxygens (including phenoxy) is 2. The van der Waals surface area contributed by atoms with Gasteiger partial charge in [0.15, 0.2) is 17.4 Å². The molecule has 0 bridgehead atoms. The number of benzene rings is 2. The summed E-state index contributed by atoms with van der Waals surface area (Å²) < 4.78 is 59.8. The van der Waals surface area contributed by atoms with Gasteiger partial charge in [-0.25, -0.2) is 8.78 Å². The molecule has 0 saturated heterocycles. The predicted octanol–water partition coefficient (Wildman–Crippen LogP) is 4.03. The van der Waals surface area contributed by atoms with Crippen LogP contribution in [0.2, 0.25) is 0 Å². The molecule has 2 aromatic rings. The van der Waals surface area contributed by atoms with E-state index >= 15 is 0 Å². The summed E-state index contributed by atoms with van der Waals surface area (Å²) >= 11 is 0.